The molecule has 0 fully saturated rings. The fourth-order valence-corrected chi connectivity index (χ4v) is 2.40. The summed E-state index contributed by atoms with van der Waals surface area (Å²) in [6.07, 6.45) is 0. The van der Waals surface area contributed by atoms with Gasteiger partial charge in [0.25, 0.3) is 0 Å². The van der Waals surface area contributed by atoms with E-state index in [1.807, 2.05) is 0 Å². The molecule has 0 saturated carbocycles. The zero-order chi connectivity index (χ0) is 19.8. The number of carbonyl (C=O) groups is 3. The molecule has 7 nitrogen and oxygen atoms in total. The Morgan fingerprint density at radius 3 is 2.30 bits per heavy atom. The standard InChI is InChI=1S/C20H22N2O5/c1-4-27-20(25)16-7-5-6-8-17(16)22-19(24)18(23)21-13(2)14-9-11-15(26-3)12-10-14/h5-13H,4H2,1-3H3,(H,21,23)(H,22,24). The molecular weight excluding hydrogens is 348 g/mol. The number of amides is 2. The average molecular weight is 370 g/mol. The van der Waals surface area contributed by atoms with Gasteiger partial charge in [0.1, 0.15) is 5.75 Å². The summed E-state index contributed by atoms with van der Waals surface area (Å²) in [4.78, 5) is 36.4. The summed E-state index contributed by atoms with van der Waals surface area (Å²) in [6, 6.07) is 13.1. The molecule has 0 aromatic heterocycles. The molecule has 2 aromatic carbocycles. The summed E-state index contributed by atoms with van der Waals surface area (Å²) in [5, 5.41) is 5.07. The fraction of sp³-hybridized carbons (Fsp3) is 0.250. The van der Waals surface area contributed by atoms with Gasteiger partial charge in [-0.25, -0.2) is 4.79 Å². The van der Waals surface area contributed by atoms with E-state index in [9.17, 15) is 14.4 Å². The Bertz CT molecular complexity index is 817. The normalized spacial score (nSPS) is 11.2. The molecule has 0 aliphatic carbocycles. The minimum atomic E-state index is -0.868. The van der Waals surface area contributed by atoms with Gasteiger partial charge >= 0.3 is 17.8 Å². The lowest BCUT2D eigenvalue weighted by molar-refractivity contribution is -0.136. The van der Waals surface area contributed by atoms with Crippen molar-refractivity contribution < 1.29 is 23.9 Å². The number of hydrogen-bond donors (Lipinski definition) is 2. The third kappa shape index (κ3) is 5.31. The Morgan fingerprint density at radius 2 is 1.67 bits per heavy atom. The first kappa shape index (κ1) is 20.0. The number of esters is 1. The Balaban J connectivity index is 2.03. The smallest absolute Gasteiger partial charge is 0.340 e. The maximum absolute atomic E-state index is 12.2. The van der Waals surface area contributed by atoms with Crippen LogP contribution in [-0.4, -0.2) is 31.5 Å². The number of ether oxygens (including phenoxy) is 2. The molecular formula is C20H22N2O5. The van der Waals surface area contributed by atoms with Gasteiger partial charge in [0.2, 0.25) is 0 Å². The van der Waals surface area contributed by atoms with Crippen LogP contribution in [0.25, 0.3) is 0 Å². The maximum atomic E-state index is 12.2. The predicted octanol–water partition coefficient (Wildman–Crippen LogP) is 2.69. The summed E-state index contributed by atoms with van der Waals surface area (Å²) in [6.45, 7) is 3.66. The van der Waals surface area contributed by atoms with E-state index >= 15 is 0 Å². The van der Waals surface area contributed by atoms with Gasteiger partial charge < -0.3 is 20.1 Å². The molecule has 0 spiro atoms. The third-order valence-corrected chi connectivity index (χ3v) is 3.84. The van der Waals surface area contributed by atoms with E-state index in [-0.39, 0.29) is 23.9 Å². The number of para-hydroxylation sites is 1. The van der Waals surface area contributed by atoms with Crippen LogP contribution in [-0.2, 0) is 14.3 Å². The molecule has 2 N–H and O–H groups in total. The number of hydrogen-bond acceptors (Lipinski definition) is 5. The average Bonchev–Trinajstić information content (AvgIpc) is 2.68. The summed E-state index contributed by atoms with van der Waals surface area (Å²) >= 11 is 0. The van der Waals surface area contributed by atoms with Gasteiger partial charge in [-0.3, -0.25) is 9.59 Å². The Morgan fingerprint density at radius 1 is 1.00 bits per heavy atom. The van der Waals surface area contributed by atoms with Crippen LogP contribution in [0.1, 0.15) is 35.8 Å². The zero-order valence-corrected chi connectivity index (χ0v) is 15.4. The highest BCUT2D eigenvalue weighted by Gasteiger charge is 2.20. The van der Waals surface area contributed by atoms with Crippen LogP contribution in [0.15, 0.2) is 48.5 Å². The summed E-state index contributed by atoms with van der Waals surface area (Å²) in [5.41, 5.74) is 1.22. The van der Waals surface area contributed by atoms with Crippen molar-refractivity contribution in [3.8, 4) is 5.75 Å². The second-order valence-electron chi connectivity index (χ2n) is 5.69. The van der Waals surface area contributed by atoms with Gasteiger partial charge in [0.05, 0.1) is 31.0 Å². The van der Waals surface area contributed by atoms with Crippen molar-refractivity contribution in [2.45, 2.75) is 19.9 Å². The highest BCUT2D eigenvalue weighted by molar-refractivity contribution is 6.40. The number of nitrogens with one attached hydrogen (secondary N) is 2. The topological polar surface area (TPSA) is 93.7 Å². The molecule has 0 heterocycles. The molecule has 27 heavy (non-hydrogen) atoms. The van der Waals surface area contributed by atoms with Crippen molar-refractivity contribution in [1.29, 1.82) is 0 Å². The molecule has 1 unspecified atom stereocenters. The van der Waals surface area contributed by atoms with Crippen LogP contribution in [0.5, 0.6) is 5.75 Å². The monoisotopic (exact) mass is 370 g/mol. The first-order chi connectivity index (χ1) is 13.0. The third-order valence-electron chi connectivity index (χ3n) is 3.84. The molecule has 0 aliphatic rings. The molecule has 0 bridgehead atoms. The molecule has 142 valence electrons. The van der Waals surface area contributed by atoms with Crippen LogP contribution in [0.2, 0.25) is 0 Å². The number of rotatable bonds is 6. The van der Waals surface area contributed by atoms with E-state index in [0.29, 0.717) is 5.75 Å². The molecule has 0 radical (unpaired) electrons. The molecule has 0 aliphatic heterocycles. The highest BCUT2D eigenvalue weighted by atomic mass is 16.5. The number of benzene rings is 2. The molecule has 1 atom stereocenters. The van der Waals surface area contributed by atoms with Gasteiger partial charge in [-0.2, -0.15) is 0 Å². The second kappa shape index (κ2) is 9.38. The summed E-state index contributed by atoms with van der Waals surface area (Å²) in [5.74, 6) is -1.55. The SMILES string of the molecule is CCOC(=O)c1ccccc1NC(=O)C(=O)NC(C)c1ccc(OC)cc1. The van der Waals surface area contributed by atoms with Crippen molar-refractivity contribution in [3.05, 3.63) is 59.7 Å². The van der Waals surface area contributed by atoms with Crippen molar-refractivity contribution in [1.82, 2.24) is 5.32 Å². The predicted molar refractivity (Wildman–Crippen MR) is 101 cm³/mol. The second-order valence-corrected chi connectivity index (χ2v) is 5.69. The van der Waals surface area contributed by atoms with Crippen molar-refractivity contribution >= 4 is 23.5 Å². The van der Waals surface area contributed by atoms with E-state index < -0.39 is 17.8 Å². The minimum absolute atomic E-state index is 0.184. The van der Waals surface area contributed by atoms with Crippen LogP contribution >= 0.6 is 0 Å². The lowest BCUT2D eigenvalue weighted by atomic mass is 10.1. The van der Waals surface area contributed by atoms with E-state index in [4.69, 9.17) is 9.47 Å². The van der Waals surface area contributed by atoms with Crippen molar-refractivity contribution in [2.24, 2.45) is 0 Å². The van der Waals surface area contributed by atoms with Gasteiger partial charge in [-0.1, -0.05) is 24.3 Å². The zero-order valence-electron chi connectivity index (χ0n) is 15.4. The van der Waals surface area contributed by atoms with Gasteiger partial charge in [-0.15, -0.1) is 0 Å². The van der Waals surface area contributed by atoms with Gasteiger partial charge in [0.15, 0.2) is 0 Å². The summed E-state index contributed by atoms with van der Waals surface area (Å²) in [7, 11) is 1.57. The van der Waals surface area contributed by atoms with Crippen LogP contribution in [0.4, 0.5) is 5.69 Å². The van der Waals surface area contributed by atoms with E-state index in [2.05, 4.69) is 10.6 Å². The van der Waals surface area contributed by atoms with E-state index in [0.717, 1.165) is 5.56 Å². The molecule has 0 saturated heterocycles. The number of carbonyl (C=O) groups excluding carboxylic acids is 3. The fourth-order valence-electron chi connectivity index (χ4n) is 2.40. The van der Waals surface area contributed by atoms with Crippen molar-refractivity contribution in [3.63, 3.8) is 0 Å². The number of methoxy groups -OCH3 is 1. The summed E-state index contributed by atoms with van der Waals surface area (Å²) < 4.78 is 10.0. The largest absolute Gasteiger partial charge is 0.497 e. The Hall–Kier alpha value is -3.35. The van der Waals surface area contributed by atoms with Crippen LogP contribution < -0.4 is 15.4 Å². The van der Waals surface area contributed by atoms with Gasteiger partial charge in [0, 0.05) is 0 Å². The molecule has 2 rings (SSSR count). The Labute approximate surface area is 157 Å². The Kier molecular flexibility index (Phi) is 6.93. The van der Waals surface area contributed by atoms with Crippen LogP contribution in [0, 0.1) is 0 Å². The maximum Gasteiger partial charge on any atom is 0.340 e. The quantitative estimate of drug-likeness (QED) is 0.602. The molecule has 2 amide bonds. The van der Waals surface area contributed by atoms with Gasteiger partial charge in [-0.05, 0) is 43.7 Å². The minimum Gasteiger partial charge on any atom is -0.497 e. The highest BCUT2D eigenvalue weighted by Crippen LogP contribution is 2.18. The molecule has 7 heteroatoms. The van der Waals surface area contributed by atoms with E-state index in [1.165, 1.54) is 12.1 Å². The number of anilines is 1. The van der Waals surface area contributed by atoms with E-state index in [1.54, 1.807) is 57.4 Å². The lowest BCUT2D eigenvalue weighted by Crippen LogP contribution is -2.37. The first-order valence-electron chi connectivity index (χ1n) is 8.48. The van der Waals surface area contributed by atoms with Crippen LogP contribution in [0.3, 0.4) is 0 Å². The first-order valence-corrected chi connectivity index (χ1v) is 8.48. The lowest BCUT2D eigenvalue weighted by Gasteiger charge is -2.15. The molecule has 2 aromatic rings. The van der Waals surface area contributed by atoms with Crippen molar-refractivity contribution in [2.75, 3.05) is 19.0 Å².